The highest BCUT2D eigenvalue weighted by Crippen LogP contribution is 2.38. The van der Waals surface area contributed by atoms with Crippen molar-refractivity contribution in [2.24, 2.45) is 0 Å². The van der Waals surface area contributed by atoms with E-state index in [1.807, 2.05) is 30.5 Å². The molecular formula is C17H18N2O3S. The molecule has 0 bridgehead atoms. The zero-order valence-corrected chi connectivity index (χ0v) is 14.3. The van der Waals surface area contributed by atoms with Gasteiger partial charge in [0, 0.05) is 10.9 Å². The number of aryl methyl sites for hydroxylation is 1. The van der Waals surface area contributed by atoms with Gasteiger partial charge < -0.3 is 4.74 Å². The Balaban J connectivity index is 2.11. The van der Waals surface area contributed by atoms with Crippen molar-refractivity contribution in [3.05, 3.63) is 28.6 Å². The molecule has 2 aromatic rings. The van der Waals surface area contributed by atoms with Crippen LogP contribution >= 0.6 is 11.3 Å². The SMILES string of the molecule is CC(=O)C(C)N1C(=O)C(C)Oc2ccc(-c3csc(C)n3)cc21. The molecule has 0 spiro atoms. The number of hydrogen-bond acceptors (Lipinski definition) is 5. The van der Waals surface area contributed by atoms with Crippen LogP contribution in [0.25, 0.3) is 11.3 Å². The lowest BCUT2D eigenvalue weighted by Crippen LogP contribution is -2.51. The van der Waals surface area contributed by atoms with Crippen molar-refractivity contribution in [3.8, 4) is 17.0 Å². The molecule has 1 aromatic carbocycles. The number of aromatic nitrogens is 1. The highest BCUT2D eigenvalue weighted by molar-refractivity contribution is 7.09. The fourth-order valence-corrected chi connectivity index (χ4v) is 3.22. The van der Waals surface area contributed by atoms with Gasteiger partial charge in [0.15, 0.2) is 11.9 Å². The highest BCUT2D eigenvalue weighted by Gasteiger charge is 2.36. The van der Waals surface area contributed by atoms with Crippen LogP contribution < -0.4 is 9.64 Å². The Labute approximate surface area is 138 Å². The monoisotopic (exact) mass is 330 g/mol. The number of thiazole rings is 1. The maximum Gasteiger partial charge on any atom is 0.268 e. The Kier molecular flexibility index (Phi) is 3.93. The summed E-state index contributed by atoms with van der Waals surface area (Å²) >= 11 is 1.57. The number of ether oxygens (including phenoxy) is 1. The molecule has 0 fully saturated rings. The molecule has 2 unspecified atom stereocenters. The Morgan fingerprint density at radius 2 is 2.17 bits per heavy atom. The van der Waals surface area contributed by atoms with Gasteiger partial charge in [0.1, 0.15) is 5.75 Å². The van der Waals surface area contributed by atoms with Crippen molar-refractivity contribution in [1.82, 2.24) is 4.98 Å². The average Bonchev–Trinajstić information content (AvgIpc) is 2.94. The fraction of sp³-hybridized carbons (Fsp3) is 0.353. The lowest BCUT2D eigenvalue weighted by molar-refractivity contribution is -0.128. The summed E-state index contributed by atoms with van der Waals surface area (Å²) in [4.78, 5) is 30.4. The summed E-state index contributed by atoms with van der Waals surface area (Å²) in [5.41, 5.74) is 2.38. The molecular weight excluding hydrogens is 312 g/mol. The molecule has 1 aliphatic heterocycles. The van der Waals surface area contributed by atoms with Gasteiger partial charge in [-0.2, -0.15) is 0 Å². The molecule has 0 saturated heterocycles. The molecule has 0 radical (unpaired) electrons. The van der Waals surface area contributed by atoms with Crippen molar-refractivity contribution in [3.63, 3.8) is 0 Å². The number of fused-ring (bicyclic) bond motifs is 1. The van der Waals surface area contributed by atoms with Crippen LogP contribution in [0.3, 0.4) is 0 Å². The van der Waals surface area contributed by atoms with E-state index in [4.69, 9.17) is 4.74 Å². The summed E-state index contributed by atoms with van der Waals surface area (Å²) in [7, 11) is 0. The third kappa shape index (κ3) is 2.74. The van der Waals surface area contributed by atoms with Gasteiger partial charge in [-0.25, -0.2) is 4.98 Å². The van der Waals surface area contributed by atoms with Gasteiger partial charge in [0.2, 0.25) is 0 Å². The molecule has 2 atom stereocenters. The van der Waals surface area contributed by atoms with Crippen LogP contribution in [0.15, 0.2) is 23.6 Å². The number of ketones is 1. The molecule has 0 saturated carbocycles. The number of Topliss-reactive ketones (excluding diaryl/α,β-unsaturated/α-hetero) is 1. The van der Waals surface area contributed by atoms with Gasteiger partial charge in [-0.3, -0.25) is 14.5 Å². The summed E-state index contributed by atoms with van der Waals surface area (Å²) in [5.74, 6) is 0.348. The zero-order valence-electron chi connectivity index (χ0n) is 13.5. The van der Waals surface area contributed by atoms with E-state index in [1.165, 1.54) is 11.8 Å². The van der Waals surface area contributed by atoms with Gasteiger partial charge in [-0.1, -0.05) is 0 Å². The Morgan fingerprint density at radius 1 is 1.43 bits per heavy atom. The molecule has 6 heteroatoms. The van der Waals surface area contributed by atoms with Crippen molar-refractivity contribution in [2.75, 3.05) is 4.90 Å². The van der Waals surface area contributed by atoms with Crippen molar-refractivity contribution in [2.45, 2.75) is 39.8 Å². The van der Waals surface area contributed by atoms with Crippen LogP contribution in [-0.4, -0.2) is 28.8 Å². The minimum atomic E-state index is -0.600. The van der Waals surface area contributed by atoms with Crippen LogP contribution in [-0.2, 0) is 9.59 Å². The molecule has 120 valence electrons. The number of carbonyl (C=O) groups excluding carboxylic acids is 2. The van der Waals surface area contributed by atoms with Gasteiger partial charge in [-0.15, -0.1) is 11.3 Å². The first-order valence-electron chi connectivity index (χ1n) is 7.45. The summed E-state index contributed by atoms with van der Waals surface area (Å²) in [6.07, 6.45) is -0.600. The Morgan fingerprint density at radius 3 is 2.78 bits per heavy atom. The minimum absolute atomic E-state index is 0.0618. The van der Waals surface area contributed by atoms with E-state index in [1.54, 1.807) is 25.2 Å². The van der Waals surface area contributed by atoms with Gasteiger partial charge in [0.25, 0.3) is 5.91 Å². The summed E-state index contributed by atoms with van der Waals surface area (Å²) < 4.78 is 5.68. The predicted octanol–water partition coefficient (Wildman–Crippen LogP) is 3.21. The van der Waals surface area contributed by atoms with E-state index >= 15 is 0 Å². The highest BCUT2D eigenvalue weighted by atomic mass is 32.1. The number of benzene rings is 1. The zero-order chi connectivity index (χ0) is 16.7. The Hall–Kier alpha value is -2.21. The minimum Gasteiger partial charge on any atom is -0.479 e. The first-order valence-corrected chi connectivity index (χ1v) is 8.33. The smallest absolute Gasteiger partial charge is 0.268 e. The summed E-state index contributed by atoms with van der Waals surface area (Å²) in [5, 5.41) is 2.96. The third-order valence-corrected chi connectivity index (χ3v) is 4.77. The standard InChI is InChI=1S/C17H18N2O3S/c1-9(10(2)20)19-15-7-13(14-8-23-12(4)18-14)5-6-16(15)22-11(3)17(19)21/h5-9,11H,1-4H3. The van der Waals surface area contributed by atoms with Crippen LogP contribution in [0.4, 0.5) is 5.69 Å². The van der Waals surface area contributed by atoms with Gasteiger partial charge >= 0.3 is 0 Å². The van der Waals surface area contributed by atoms with E-state index in [0.717, 1.165) is 16.3 Å². The van der Waals surface area contributed by atoms with E-state index < -0.39 is 12.1 Å². The normalized spacial score (nSPS) is 18.3. The van der Waals surface area contributed by atoms with Crippen molar-refractivity contribution in [1.29, 1.82) is 0 Å². The fourth-order valence-electron chi connectivity index (χ4n) is 2.60. The van der Waals surface area contributed by atoms with Crippen LogP contribution in [0, 0.1) is 6.92 Å². The molecule has 23 heavy (non-hydrogen) atoms. The maximum atomic E-state index is 12.5. The second-order valence-electron chi connectivity index (χ2n) is 5.69. The second-order valence-corrected chi connectivity index (χ2v) is 6.75. The number of nitrogens with zero attached hydrogens (tertiary/aromatic N) is 2. The van der Waals surface area contributed by atoms with Gasteiger partial charge in [0.05, 0.1) is 22.4 Å². The molecule has 3 rings (SSSR count). The molecule has 1 aromatic heterocycles. The molecule has 0 aliphatic carbocycles. The second kappa shape index (κ2) is 5.77. The number of amides is 1. The largest absolute Gasteiger partial charge is 0.479 e. The van der Waals surface area contributed by atoms with Crippen LogP contribution in [0.5, 0.6) is 5.75 Å². The average molecular weight is 330 g/mol. The van der Waals surface area contributed by atoms with Crippen molar-refractivity contribution >= 4 is 28.7 Å². The van der Waals surface area contributed by atoms with E-state index in [0.29, 0.717) is 11.4 Å². The number of hydrogen-bond donors (Lipinski definition) is 0. The summed E-state index contributed by atoms with van der Waals surface area (Å²) in [6.45, 7) is 6.88. The van der Waals surface area contributed by atoms with E-state index in [-0.39, 0.29) is 11.7 Å². The molecule has 5 nitrogen and oxygen atoms in total. The number of anilines is 1. The summed E-state index contributed by atoms with van der Waals surface area (Å²) in [6, 6.07) is 5.10. The molecule has 2 heterocycles. The lowest BCUT2D eigenvalue weighted by Gasteiger charge is -2.36. The first kappa shape index (κ1) is 15.7. The maximum absolute atomic E-state index is 12.5. The first-order chi connectivity index (χ1) is 10.9. The molecule has 0 N–H and O–H groups in total. The van der Waals surface area contributed by atoms with Gasteiger partial charge in [-0.05, 0) is 45.9 Å². The van der Waals surface area contributed by atoms with E-state index in [9.17, 15) is 9.59 Å². The topological polar surface area (TPSA) is 59.5 Å². The molecule has 1 amide bonds. The molecule has 1 aliphatic rings. The Bertz CT molecular complexity index is 784. The van der Waals surface area contributed by atoms with Crippen LogP contribution in [0.1, 0.15) is 25.8 Å². The number of carbonyl (C=O) groups is 2. The quantitative estimate of drug-likeness (QED) is 0.867. The van der Waals surface area contributed by atoms with E-state index in [2.05, 4.69) is 4.98 Å². The lowest BCUT2D eigenvalue weighted by atomic mass is 10.1. The van der Waals surface area contributed by atoms with Crippen molar-refractivity contribution < 1.29 is 14.3 Å². The predicted molar refractivity (Wildman–Crippen MR) is 90.0 cm³/mol. The van der Waals surface area contributed by atoms with Crippen LogP contribution in [0.2, 0.25) is 0 Å². The number of rotatable bonds is 3. The third-order valence-electron chi connectivity index (χ3n) is 4.00.